The predicted molar refractivity (Wildman–Crippen MR) is 81.6 cm³/mol. The molecule has 1 aromatic rings. The lowest BCUT2D eigenvalue weighted by atomic mass is 10.1. The van der Waals surface area contributed by atoms with Gasteiger partial charge in [0.05, 0.1) is 8.45 Å². The van der Waals surface area contributed by atoms with Crippen LogP contribution in [0.2, 0.25) is 0 Å². The molecule has 16 heavy (non-hydrogen) atoms. The van der Waals surface area contributed by atoms with E-state index in [1.54, 1.807) is 11.3 Å². The fourth-order valence-electron chi connectivity index (χ4n) is 1.26. The van der Waals surface area contributed by atoms with Crippen molar-refractivity contribution >= 4 is 55.8 Å². The molecule has 90 valence electrons. The lowest BCUT2D eigenvalue weighted by Crippen LogP contribution is -2.24. The average Bonchev–Trinajstić information content (AvgIpc) is 2.70. The van der Waals surface area contributed by atoms with Crippen LogP contribution in [0, 0.1) is 8.80 Å². The SMILES string of the molecule is CC(CBr)CCCNC(=O)c1csc(I)c1. The third-order valence-electron chi connectivity index (χ3n) is 2.25. The van der Waals surface area contributed by atoms with Gasteiger partial charge in [-0.05, 0) is 47.4 Å². The zero-order valence-corrected chi connectivity index (χ0v) is 13.7. The first-order valence-corrected chi connectivity index (χ1v) is 8.29. The highest BCUT2D eigenvalue weighted by Gasteiger charge is 2.07. The molecule has 0 aliphatic heterocycles. The van der Waals surface area contributed by atoms with Gasteiger partial charge in [0.25, 0.3) is 5.91 Å². The number of hydrogen-bond donors (Lipinski definition) is 1. The van der Waals surface area contributed by atoms with Crippen LogP contribution < -0.4 is 5.32 Å². The summed E-state index contributed by atoms with van der Waals surface area (Å²) in [7, 11) is 0. The number of nitrogens with one attached hydrogen (secondary N) is 1. The van der Waals surface area contributed by atoms with Crippen molar-refractivity contribution in [2.24, 2.45) is 5.92 Å². The van der Waals surface area contributed by atoms with Gasteiger partial charge < -0.3 is 5.32 Å². The molecule has 1 amide bonds. The van der Waals surface area contributed by atoms with Crippen molar-refractivity contribution in [1.29, 1.82) is 0 Å². The van der Waals surface area contributed by atoms with Crippen LogP contribution >= 0.6 is 49.9 Å². The van der Waals surface area contributed by atoms with E-state index in [9.17, 15) is 4.79 Å². The standard InChI is InChI=1S/C11H15BrINOS/c1-8(6-12)3-2-4-14-11(15)9-5-10(13)16-7-9/h5,7-8H,2-4,6H2,1H3,(H,14,15). The number of hydrogen-bond acceptors (Lipinski definition) is 2. The van der Waals surface area contributed by atoms with E-state index in [1.165, 1.54) is 0 Å². The summed E-state index contributed by atoms with van der Waals surface area (Å²) in [6.45, 7) is 2.97. The van der Waals surface area contributed by atoms with Gasteiger partial charge in [0.2, 0.25) is 0 Å². The summed E-state index contributed by atoms with van der Waals surface area (Å²) in [4.78, 5) is 11.7. The number of rotatable bonds is 6. The fourth-order valence-corrected chi connectivity index (χ4v) is 2.91. The topological polar surface area (TPSA) is 29.1 Å². The zero-order chi connectivity index (χ0) is 12.0. The largest absolute Gasteiger partial charge is 0.352 e. The summed E-state index contributed by atoms with van der Waals surface area (Å²) < 4.78 is 1.15. The second-order valence-electron chi connectivity index (χ2n) is 3.80. The van der Waals surface area contributed by atoms with E-state index in [0.717, 1.165) is 33.2 Å². The molecule has 0 saturated heterocycles. The van der Waals surface area contributed by atoms with Gasteiger partial charge in [0, 0.05) is 17.3 Å². The summed E-state index contributed by atoms with van der Waals surface area (Å²) in [6.07, 6.45) is 2.19. The Morgan fingerprint density at radius 1 is 1.69 bits per heavy atom. The van der Waals surface area contributed by atoms with Crippen LogP contribution in [0.15, 0.2) is 11.4 Å². The van der Waals surface area contributed by atoms with Crippen molar-refractivity contribution < 1.29 is 4.79 Å². The van der Waals surface area contributed by atoms with Crippen molar-refractivity contribution in [1.82, 2.24) is 5.32 Å². The molecular formula is C11H15BrINOS. The predicted octanol–water partition coefficient (Wildman–Crippen LogP) is 3.89. The van der Waals surface area contributed by atoms with E-state index in [-0.39, 0.29) is 5.91 Å². The first-order valence-electron chi connectivity index (χ1n) is 5.21. The normalized spacial score (nSPS) is 12.4. The first-order chi connectivity index (χ1) is 7.63. The van der Waals surface area contributed by atoms with Gasteiger partial charge in [-0.15, -0.1) is 11.3 Å². The monoisotopic (exact) mass is 415 g/mol. The summed E-state index contributed by atoms with van der Waals surface area (Å²) in [5.41, 5.74) is 0.780. The van der Waals surface area contributed by atoms with Crippen molar-refractivity contribution in [3.05, 3.63) is 19.9 Å². The summed E-state index contributed by atoms with van der Waals surface area (Å²) in [5, 5.41) is 5.87. The minimum absolute atomic E-state index is 0.0469. The highest BCUT2D eigenvalue weighted by molar-refractivity contribution is 14.1. The Morgan fingerprint density at radius 3 is 3.00 bits per heavy atom. The molecule has 1 N–H and O–H groups in total. The van der Waals surface area contributed by atoms with Gasteiger partial charge in [-0.3, -0.25) is 4.79 Å². The van der Waals surface area contributed by atoms with Crippen LogP contribution in [0.4, 0.5) is 0 Å². The molecule has 1 aromatic heterocycles. The third-order valence-corrected chi connectivity index (χ3v) is 5.15. The smallest absolute Gasteiger partial charge is 0.252 e. The zero-order valence-electron chi connectivity index (χ0n) is 9.13. The Balaban J connectivity index is 2.21. The van der Waals surface area contributed by atoms with Crippen LogP contribution in [0.3, 0.4) is 0 Å². The van der Waals surface area contributed by atoms with E-state index in [4.69, 9.17) is 0 Å². The Labute approximate surface area is 122 Å². The molecule has 0 spiro atoms. The van der Waals surface area contributed by atoms with E-state index < -0.39 is 0 Å². The molecule has 1 unspecified atom stereocenters. The molecule has 1 heterocycles. The Morgan fingerprint density at radius 2 is 2.44 bits per heavy atom. The minimum Gasteiger partial charge on any atom is -0.352 e. The van der Waals surface area contributed by atoms with Gasteiger partial charge >= 0.3 is 0 Å². The van der Waals surface area contributed by atoms with Gasteiger partial charge in [0.1, 0.15) is 0 Å². The maximum atomic E-state index is 11.7. The van der Waals surface area contributed by atoms with E-state index >= 15 is 0 Å². The van der Waals surface area contributed by atoms with Crippen molar-refractivity contribution in [2.75, 3.05) is 11.9 Å². The van der Waals surface area contributed by atoms with E-state index in [0.29, 0.717) is 5.92 Å². The van der Waals surface area contributed by atoms with Crippen LogP contribution in [-0.2, 0) is 0 Å². The molecule has 2 nitrogen and oxygen atoms in total. The third kappa shape index (κ3) is 5.14. The highest BCUT2D eigenvalue weighted by Crippen LogP contribution is 2.16. The van der Waals surface area contributed by atoms with Gasteiger partial charge in [0.15, 0.2) is 0 Å². The molecule has 1 atom stereocenters. The Bertz CT molecular complexity index is 342. The Kier molecular flexibility index (Phi) is 6.91. The lowest BCUT2D eigenvalue weighted by Gasteiger charge is -2.07. The Hall–Kier alpha value is 0.380. The summed E-state index contributed by atoms with van der Waals surface area (Å²) in [5.74, 6) is 0.727. The van der Waals surface area contributed by atoms with Crippen LogP contribution in [0.25, 0.3) is 0 Å². The lowest BCUT2D eigenvalue weighted by molar-refractivity contribution is 0.0953. The summed E-state index contributed by atoms with van der Waals surface area (Å²) in [6, 6.07) is 1.92. The number of carbonyl (C=O) groups excluding carboxylic acids is 1. The van der Waals surface area contributed by atoms with Gasteiger partial charge in [-0.25, -0.2) is 0 Å². The molecule has 0 saturated carbocycles. The average molecular weight is 416 g/mol. The molecule has 0 aliphatic carbocycles. The van der Waals surface area contributed by atoms with E-state index in [1.807, 2.05) is 11.4 Å². The fraction of sp³-hybridized carbons (Fsp3) is 0.545. The summed E-state index contributed by atoms with van der Waals surface area (Å²) >= 11 is 7.27. The van der Waals surface area contributed by atoms with E-state index in [2.05, 4.69) is 50.8 Å². The van der Waals surface area contributed by atoms with Gasteiger partial charge in [-0.1, -0.05) is 22.9 Å². The molecule has 0 aliphatic rings. The molecule has 0 aromatic carbocycles. The number of alkyl halides is 1. The maximum Gasteiger partial charge on any atom is 0.252 e. The number of halogens is 2. The molecule has 5 heteroatoms. The van der Waals surface area contributed by atoms with Gasteiger partial charge in [-0.2, -0.15) is 0 Å². The van der Waals surface area contributed by atoms with Crippen molar-refractivity contribution in [3.63, 3.8) is 0 Å². The minimum atomic E-state index is 0.0469. The molecule has 0 bridgehead atoms. The molecule has 1 rings (SSSR count). The number of thiophene rings is 1. The molecular weight excluding hydrogens is 401 g/mol. The second kappa shape index (κ2) is 7.66. The van der Waals surface area contributed by atoms with Crippen LogP contribution in [-0.4, -0.2) is 17.8 Å². The van der Waals surface area contributed by atoms with Crippen molar-refractivity contribution in [3.8, 4) is 0 Å². The van der Waals surface area contributed by atoms with Crippen LogP contribution in [0.5, 0.6) is 0 Å². The molecule has 0 radical (unpaired) electrons. The number of carbonyl (C=O) groups is 1. The maximum absolute atomic E-state index is 11.7. The second-order valence-corrected chi connectivity index (χ2v) is 7.25. The van der Waals surface area contributed by atoms with Crippen molar-refractivity contribution in [2.45, 2.75) is 19.8 Å². The quantitative estimate of drug-likeness (QED) is 0.426. The number of amides is 1. The first kappa shape index (κ1) is 14.4. The highest BCUT2D eigenvalue weighted by atomic mass is 127. The molecule has 0 fully saturated rings. The van der Waals surface area contributed by atoms with Crippen LogP contribution in [0.1, 0.15) is 30.1 Å².